The fourth-order valence-electron chi connectivity index (χ4n) is 2.41. The van der Waals surface area contributed by atoms with E-state index in [1.807, 2.05) is 18.3 Å². The molecule has 0 saturated heterocycles. The molecule has 0 fully saturated rings. The number of aromatic nitrogens is 3. The number of benzene rings is 1. The average molecular weight is 284 g/mol. The normalized spacial score (nSPS) is 12.7. The van der Waals surface area contributed by atoms with Crippen LogP contribution in [0.25, 0.3) is 10.8 Å². The Balaban J connectivity index is 2.08. The summed E-state index contributed by atoms with van der Waals surface area (Å²) in [4.78, 5) is 5.27. The van der Waals surface area contributed by atoms with Gasteiger partial charge in [0.05, 0.1) is 16.6 Å². The molecule has 3 aromatic rings. The van der Waals surface area contributed by atoms with Crippen molar-refractivity contribution in [1.29, 1.82) is 0 Å². The van der Waals surface area contributed by atoms with Crippen LogP contribution in [0.3, 0.4) is 0 Å². The first-order valence-electron chi connectivity index (χ1n) is 6.70. The summed E-state index contributed by atoms with van der Waals surface area (Å²) < 4.78 is 4.06. The number of hydrogen-bond acceptors (Lipinski definition) is 5. The molecule has 102 valence electrons. The van der Waals surface area contributed by atoms with Gasteiger partial charge in [0.15, 0.2) is 0 Å². The van der Waals surface area contributed by atoms with Crippen LogP contribution in [0.15, 0.2) is 36.7 Å². The van der Waals surface area contributed by atoms with E-state index in [0.29, 0.717) is 0 Å². The third-order valence-electron chi connectivity index (χ3n) is 3.41. The molecule has 5 heteroatoms. The molecule has 1 unspecified atom stereocenters. The molecular weight excluding hydrogens is 268 g/mol. The minimum atomic E-state index is -0.190. The number of nitrogens with two attached hydrogens (primary N) is 1. The number of hydrogen-bond donors (Lipinski definition) is 1. The Morgan fingerprint density at radius 1 is 1.30 bits per heavy atom. The second kappa shape index (κ2) is 5.64. The molecule has 1 aromatic carbocycles. The van der Waals surface area contributed by atoms with Crippen molar-refractivity contribution in [3.63, 3.8) is 0 Å². The van der Waals surface area contributed by atoms with Gasteiger partial charge in [-0.1, -0.05) is 36.0 Å². The molecule has 0 radical (unpaired) electrons. The Kier molecular flexibility index (Phi) is 3.71. The summed E-state index contributed by atoms with van der Waals surface area (Å²) in [6.45, 7) is 2.14. The lowest BCUT2D eigenvalue weighted by atomic mass is 9.98. The molecule has 0 amide bonds. The van der Waals surface area contributed by atoms with Gasteiger partial charge in [0.25, 0.3) is 0 Å². The summed E-state index contributed by atoms with van der Waals surface area (Å²) in [5.41, 5.74) is 8.56. The fraction of sp³-hybridized carbons (Fsp3) is 0.267. The molecule has 2 N–H and O–H groups in total. The van der Waals surface area contributed by atoms with E-state index in [4.69, 9.17) is 5.73 Å². The van der Waals surface area contributed by atoms with Crippen molar-refractivity contribution in [3.8, 4) is 0 Å². The smallest absolute Gasteiger partial charge is 0.0807 e. The van der Waals surface area contributed by atoms with E-state index in [2.05, 4.69) is 33.6 Å². The molecule has 3 rings (SSSR count). The maximum atomic E-state index is 6.46. The molecule has 0 aliphatic rings. The van der Waals surface area contributed by atoms with Gasteiger partial charge in [0, 0.05) is 17.8 Å². The van der Waals surface area contributed by atoms with Crippen molar-refractivity contribution >= 4 is 22.3 Å². The minimum Gasteiger partial charge on any atom is -0.319 e. The lowest BCUT2D eigenvalue weighted by Crippen LogP contribution is -2.13. The van der Waals surface area contributed by atoms with Gasteiger partial charge < -0.3 is 5.73 Å². The van der Waals surface area contributed by atoms with Crippen LogP contribution in [0.2, 0.25) is 0 Å². The van der Waals surface area contributed by atoms with Gasteiger partial charge in [-0.2, -0.15) is 0 Å². The zero-order valence-electron chi connectivity index (χ0n) is 11.3. The van der Waals surface area contributed by atoms with Crippen LogP contribution >= 0.6 is 11.5 Å². The summed E-state index contributed by atoms with van der Waals surface area (Å²) in [5, 5.41) is 6.46. The van der Waals surface area contributed by atoms with E-state index >= 15 is 0 Å². The fourth-order valence-corrected chi connectivity index (χ4v) is 3.13. The standard InChI is InChI=1S/C15H16N4S/c1-2-4-13-15(20-19-18-13)14(16)11-6-3-5-10-7-8-17-9-12(10)11/h3,5-9,14H,2,4,16H2,1H3. The third kappa shape index (κ3) is 2.30. The largest absolute Gasteiger partial charge is 0.319 e. The molecular formula is C15H16N4S. The van der Waals surface area contributed by atoms with Gasteiger partial charge in [-0.25, -0.2) is 0 Å². The molecule has 2 aromatic heterocycles. The average Bonchev–Trinajstić information content (AvgIpc) is 2.94. The van der Waals surface area contributed by atoms with Gasteiger partial charge in [-0.3, -0.25) is 4.98 Å². The molecule has 20 heavy (non-hydrogen) atoms. The highest BCUT2D eigenvalue weighted by Gasteiger charge is 2.18. The Labute approximate surface area is 121 Å². The summed E-state index contributed by atoms with van der Waals surface area (Å²) in [6, 6.07) is 7.98. The van der Waals surface area contributed by atoms with E-state index in [0.717, 1.165) is 39.7 Å². The molecule has 2 heterocycles. The van der Waals surface area contributed by atoms with E-state index in [1.165, 1.54) is 11.5 Å². The first-order valence-corrected chi connectivity index (χ1v) is 7.48. The first-order chi connectivity index (χ1) is 9.81. The maximum Gasteiger partial charge on any atom is 0.0807 e. The lowest BCUT2D eigenvalue weighted by molar-refractivity contribution is 0.817. The topological polar surface area (TPSA) is 64.7 Å². The van der Waals surface area contributed by atoms with Gasteiger partial charge in [-0.05, 0) is 35.0 Å². The van der Waals surface area contributed by atoms with Crippen molar-refractivity contribution in [2.75, 3.05) is 0 Å². The van der Waals surface area contributed by atoms with Crippen LogP contribution in [-0.4, -0.2) is 14.6 Å². The highest BCUT2D eigenvalue weighted by molar-refractivity contribution is 7.05. The van der Waals surface area contributed by atoms with Gasteiger partial charge >= 0.3 is 0 Å². The van der Waals surface area contributed by atoms with Gasteiger partial charge in [0.2, 0.25) is 0 Å². The highest BCUT2D eigenvalue weighted by atomic mass is 32.1. The number of pyridine rings is 1. The van der Waals surface area contributed by atoms with Crippen molar-refractivity contribution < 1.29 is 0 Å². The predicted molar refractivity (Wildman–Crippen MR) is 81.7 cm³/mol. The molecule has 0 saturated carbocycles. The molecule has 4 nitrogen and oxygen atoms in total. The first kappa shape index (κ1) is 13.1. The number of rotatable bonds is 4. The maximum absolute atomic E-state index is 6.46. The Bertz CT molecular complexity index is 717. The second-order valence-corrected chi connectivity index (χ2v) is 5.54. The summed E-state index contributed by atoms with van der Waals surface area (Å²) >= 11 is 1.39. The van der Waals surface area contributed by atoms with Crippen LogP contribution in [-0.2, 0) is 6.42 Å². The molecule has 1 atom stereocenters. The zero-order valence-corrected chi connectivity index (χ0v) is 12.1. The van der Waals surface area contributed by atoms with Crippen LogP contribution in [0.4, 0.5) is 0 Å². The van der Waals surface area contributed by atoms with Crippen molar-refractivity contribution in [2.24, 2.45) is 5.73 Å². The second-order valence-electron chi connectivity index (χ2n) is 4.76. The van der Waals surface area contributed by atoms with Crippen LogP contribution in [0.1, 0.15) is 35.5 Å². The van der Waals surface area contributed by atoms with E-state index in [-0.39, 0.29) is 6.04 Å². The van der Waals surface area contributed by atoms with Crippen molar-refractivity contribution in [3.05, 3.63) is 52.8 Å². The van der Waals surface area contributed by atoms with Crippen molar-refractivity contribution in [2.45, 2.75) is 25.8 Å². The SMILES string of the molecule is CCCc1nnsc1C(N)c1cccc2ccncc12. The molecule has 0 aliphatic carbocycles. The summed E-state index contributed by atoms with van der Waals surface area (Å²) in [7, 11) is 0. The Hall–Kier alpha value is -1.85. The quantitative estimate of drug-likeness (QED) is 0.799. The van der Waals surface area contributed by atoms with Gasteiger partial charge in [0.1, 0.15) is 0 Å². The number of nitrogens with zero attached hydrogens (tertiary/aromatic N) is 3. The Morgan fingerprint density at radius 3 is 3.05 bits per heavy atom. The molecule has 0 bridgehead atoms. The van der Waals surface area contributed by atoms with E-state index in [1.54, 1.807) is 6.20 Å². The predicted octanol–water partition coefficient (Wildman–Crippen LogP) is 3.09. The summed E-state index contributed by atoms with van der Waals surface area (Å²) in [6.07, 6.45) is 5.64. The van der Waals surface area contributed by atoms with Crippen LogP contribution in [0.5, 0.6) is 0 Å². The van der Waals surface area contributed by atoms with Crippen LogP contribution in [0, 0.1) is 0 Å². The zero-order chi connectivity index (χ0) is 13.9. The van der Waals surface area contributed by atoms with Gasteiger partial charge in [-0.15, -0.1) is 5.10 Å². The minimum absolute atomic E-state index is 0.190. The highest BCUT2D eigenvalue weighted by Crippen LogP contribution is 2.30. The van der Waals surface area contributed by atoms with Crippen LogP contribution < -0.4 is 5.73 Å². The monoisotopic (exact) mass is 284 g/mol. The molecule has 0 aliphatic heterocycles. The Morgan fingerprint density at radius 2 is 2.20 bits per heavy atom. The van der Waals surface area contributed by atoms with Crippen molar-refractivity contribution in [1.82, 2.24) is 14.6 Å². The lowest BCUT2D eigenvalue weighted by Gasteiger charge is -2.13. The third-order valence-corrected chi connectivity index (χ3v) is 4.26. The number of aryl methyl sites for hydroxylation is 1. The number of fused-ring (bicyclic) bond motifs is 1. The van der Waals surface area contributed by atoms with E-state index in [9.17, 15) is 0 Å². The molecule has 0 spiro atoms. The summed E-state index contributed by atoms with van der Waals surface area (Å²) in [5.74, 6) is 0. The van der Waals surface area contributed by atoms with E-state index < -0.39 is 0 Å².